The van der Waals surface area contributed by atoms with Crippen LogP contribution in [-0.4, -0.2) is 37.2 Å². The first kappa shape index (κ1) is 37.4. The van der Waals surface area contributed by atoms with Crippen LogP contribution in [0.2, 0.25) is 0 Å². The zero-order valence-electron chi connectivity index (χ0n) is 25.9. The molecule has 0 N–H and O–H groups in total. The van der Waals surface area contributed by atoms with Gasteiger partial charge in [-0.1, -0.05) is 136 Å². The lowest BCUT2D eigenvalue weighted by Crippen LogP contribution is -2.30. The lowest BCUT2D eigenvalue weighted by molar-refractivity contribution is -0.167. The van der Waals surface area contributed by atoms with Gasteiger partial charge in [0.15, 0.2) is 6.10 Å². The second-order valence-electron chi connectivity index (χ2n) is 11.1. The van der Waals surface area contributed by atoms with Gasteiger partial charge >= 0.3 is 17.9 Å². The SMILES string of the molecule is CCCCCCCCCCCC(=O)OCC(COC(=O)CCCCCCCCCCC)OC(=O)CCCCC. The van der Waals surface area contributed by atoms with Crippen LogP contribution in [0.3, 0.4) is 0 Å². The van der Waals surface area contributed by atoms with Crippen LogP contribution in [0.25, 0.3) is 0 Å². The molecule has 39 heavy (non-hydrogen) atoms. The van der Waals surface area contributed by atoms with E-state index in [0.717, 1.165) is 57.8 Å². The molecule has 0 aliphatic rings. The van der Waals surface area contributed by atoms with Crippen molar-refractivity contribution in [2.24, 2.45) is 0 Å². The molecule has 0 aromatic heterocycles. The average molecular weight is 555 g/mol. The van der Waals surface area contributed by atoms with Gasteiger partial charge in [0.25, 0.3) is 0 Å². The summed E-state index contributed by atoms with van der Waals surface area (Å²) in [6.07, 6.45) is 24.4. The highest BCUT2D eigenvalue weighted by atomic mass is 16.6. The normalized spacial score (nSPS) is 11.1. The highest BCUT2D eigenvalue weighted by molar-refractivity contribution is 5.71. The lowest BCUT2D eigenvalue weighted by Gasteiger charge is -2.18. The molecule has 0 spiro atoms. The van der Waals surface area contributed by atoms with E-state index in [9.17, 15) is 14.4 Å². The molecule has 0 aliphatic heterocycles. The van der Waals surface area contributed by atoms with Gasteiger partial charge in [-0.2, -0.15) is 0 Å². The van der Waals surface area contributed by atoms with Crippen molar-refractivity contribution in [3.05, 3.63) is 0 Å². The Labute approximate surface area is 240 Å². The van der Waals surface area contributed by atoms with Gasteiger partial charge in [0.05, 0.1) is 0 Å². The van der Waals surface area contributed by atoms with Crippen LogP contribution < -0.4 is 0 Å². The first-order valence-corrected chi connectivity index (χ1v) is 16.5. The van der Waals surface area contributed by atoms with E-state index < -0.39 is 6.10 Å². The van der Waals surface area contributed by atoms with Crippen LogP contribution in [-0.2, 0) is 28.6 Å². The Morgan fingerprint density at radius 2 is 0.692 bits per heavy atom. The minimum atomic E-state index is -0.752. The molecular formula is C33H62O6. The number of carbonyl (C=O) groups is 3. The molecule has 6 heteroatoms. The van der Waals surface area contributed by atoms with Gasteiger partial charge < -0.3 is 14.2 Å². The second kappa shape index (κ2) is 29.4. The Kier molecular flexibility index (Phi) is 28.2. The summed E-state index contributed by atoms with van der Waals surface area (Å²) >= 11 is 0. The van der Waals surface area contributed by atoms with Gasteiger partial charge in [-0.05, 0) is 19.3 Å². The van der Waals surface area contributed by atoms with Crippen LogP contribution in [0.1, 0.15) is 175 Å². The van der Waals surface area contributed by atoms with Crippen molar-refractivity contribution in [3.63, 3.8) is 0 Å². The van der Waals surface area contributed by atoms with Gasteiger partial charge in [0.1, 0.15) is 13.2 Å². The first-order valence-electron chi connectivity index (χ1n) is 16.5. The maximum atomic E-state index is 12.2. The monoisotopic (exact) mass is 554 g/mol. The highest BCUT2D eigenvalue weighted by Crippen LogP contribution is 2.13. The summed E-state index contributed by atoms with van der Waals surface area (Å²) < 4.78 is 16.3. The van der Waals surface area contributed by atoms with Crippen LogP contribution in [0.4, 0.5) is 0 Å². The zero-order valence-corrected chi connectivity index (χ0v) is 25.9. The van der Waals surface area contributed by atoms with E-state index in [1.54, 1.807) is 0 Å². The van der Waals surface area contributed by atoms with Crippen molar-refractivity contribution in [1.29, 1.82) is 0 Å². The Bertz CT molecular complexity index is 539. The summed E-state index contributed by atoms with van der Waals surface area (Å²) in [5.74, 6) is -0.907. The van der Waals surface area contributed by atoms with Gasteiger partial charge in [-0.15, -0.1) is 0 Å². The van der Waals surface area contributed by atoms with E-state index in [4.69, 9.17) is 14.2 Å². The Hall–Kier alpha value is -1.59. The topological polar surface area (TPSA) is 78.9 Å². The summed E-state index contributed by atoms with van der Waals surface area (Å²) in [5, 5.41) is 0. The Morgan fingerprint density at radius 1 is 0.410 bits per heavy atom. The molecule has 0 aliphatic carbocycles. The largest absolute Gasteiger partial charge is 0.462 e. The molecule has 6 nitrogen and oxygen atoms in total. The van der Waals surface area contributed by atoms with Crippen LogP contribution >= 0.6 is 0 Å². The molecule has 0 heterocycles. The van der Waals surface area contributed by atoms with E-state index in [0.29, 0.717) is 19.3 Å². The molecule has 230 valence electrons. The molecule has 0 aromatic rings. The molecule has 0 bridgehead atoms. The quantitative estimate of drug-likeness (QED) is 0.0520. The second-order valence-corrected chi connectivity index (χ2v) is 11.1. The van der Waals surface area contributed by atoms with Crippen LogP contribution in [0.15, 0.2) is 0 Å². The van der Waals surface area contributed by atoms with Crippen LogP contribution in [0.5, 0.6) is 0 Å². The molecule has 0 fully saturated rings. The maximum Gasteiger partial charge on any atom is 0.306 e. The summed E-state index contributed by atoms with van der Waals surface area (Å²) in [6.45, 7) is 6.39. The van der Waals surface area contributed by atoms with Gasteiger partial charge in [-0.3, -0.25) is 14.4 Å². The molecule has 0 atom stereocenters. The van der Waals surface area contributed by atoms with Gasteiger partial charge in [-0.25, -0.2) is 0 Å². The number of unbranched alkanes of at least 4 members (excludes halogenated alkanes) is 18. The molecule has 0 saturated carbocycles. The summed E-state index contributed by atoms with van der Waals surface area (Å²) in [4.78, 5) is 36.7. The zero-order chi connectivity index (χ0) is 28.8. The average Bonchev–Trinajstić information content (AvgIpc) is 2.92. The summed E-state index contributed by atoms with van der Waals surface area (Å²) in [7, 11) is 0. The number of hydrogen-bond acceptors (Lipinski definition) is 6. The van der Waals surface area contributed by atoms with Gasteiger partial charge in [0, 0.05) is 19.3 Å². The number of rotatable bonds is 29. The third kappa shape index (κ3) is 27.8. The molecule has 0 saturated heterocycles. The number of ether oxygens (including phenoxy) is 3. The predicted molar refractivity (Wildman–Crippen MR) is 160 cm³/mol. The number of esters is 3. The predicted octanol–water partition coefficient (Wildman–Crippen LogP) is 9.41. The van der Waals surface area contributed by atoms with E-state index in [2.05, 4.69) is 20.8 Å². The fourth-order valence-corrected chi connectivity index (χ4v) is 4.56. The molecular weight excluding hydrogens is 492 g/mol. The lowest BCUT2D eigenvalue weighted by atomic mass is 10.1. The third-order valence-electron chi connectivity index (χ3n) is 7.11. The molecule has 0 amide bonds. The minimum absolute atomic E-state index is 0.0684. The number of carbonyl (C=O) groups excluding carboxylic acids is 3. The summed E-state index contributed by atoms with van der Waals surface area (Å²) in [6, 6.07) is 0. The van der Waals surface area contributed by atoms with E-state index >= 15 is 0 Å². The molecule has 0 aromatic carbocycles. The Balaban J connectivity index is 4.19. The van der Waals surface area contributed by atoms with E-state index in [-0.39, 0.29) is 31.1 Å². The fraction of sp³-hybridized carbons (Fsp3) is 0.909. The third-order valence-corrected chi connectivity index (χ3v) is 7.11. The maximum absolute atomic E-state index is 12.2. The van der Waals surface area contributed by atoms with Crippen molar-refractivity contribution < 1.29 is 28.6 Å². The van der Waals surface area contributed by atoms with E-state index in [1.165, 1.54) is 77.0 Å². The molecule has 0 unspecified atom stereocenters. The van der Waals surface area contributed by atoms with Crippen molar-refractivity contribution in [2.45, 2.75) is 181 Å². The van der Waals surface area contributed by atoms with Crippen molar-refractivity contribution in [2.75, 3.05) is 13.2 Å². The smallest absolute Gasteiger partial charge is 0.306 e. The van der Waals surface area contributed by atoms with Crippen molar-refractivity contribution >= 4 is 17.9 Å². The number of hydrogen-bond donors (Lipinski definition) is 0. The summed E-state index contributed by atoms with van der Waals surface area (Å²) in [5.41, 5.74) is 0. The standard InChI is InChI=1S/C33H62O6/c1-4-7-10-12-14-16-18-20-23-25-31(34)37-28-30(39-33(36)27-22-9-6-3)29-38-32(35)26-24-21-19-17-15-13-11-8-5-2/h30H,4-29H2,1-3H3. The van der Waals surface area contributed by atoms with Crippen molar-refractivity contribution in [1.82, 2.24) is 0 Å². The fourth-order valence-electron chi connectivity index (χ4n) is 4.56. The highest BCUT2D eigenvalue weighted by Gasteiger charge is 2.19. The van der Waals surface area contributed by atoms with E-state index in [1.807, 2.05) is 0 Å². The minimum Gasteiger partial charge on any atom is -0.462 e. The van der Waals surface area contributed by atoms with Crippen LogP contribution in [0, 0.1) is 0 Å². The molecule has 0 radical (unpaired) electrons. The first-order chi connectivity index (χ1) is 19.0. The molecule has 0 rings (SSSR count). The Morgan fingerprint density at radius 3 is 1.08 bits per heavy atom. The van der Waals surface area contributed by atoms with Gasteiger partial charge in [0.2, 0.25) is 0 Å². The van der Waals surface area contributed by atoms with Crippen molar-refractivity contribution in [3.8, 4) is 0 Å².